The van der Waals surface area contributed by atoms with Crippen LogP contribution in [0.2, 0.25) is 0 Å². The largest absolute Gasteiger partial charge is 0.487 e. The highest BCUT2D eigenvalue weighted by Crippen LogP contribution is 2.22. The Kier molecular flexibility index (Phi) is 3.36. The zero-order valence-corrected chi connectivity index (χ0v) is 11.6. The molecule has 0 saturated heterocycles. The van der Waals surface area contributed by atoms with E-state index in [1.54, 1.807) is 12.1 Å². The molecule has 21 heavy (non-hydrogen) atoms. The summed E-state index contributed by atoms with van der Waals surface area (Å²) in [5, 5.41) is 9.95. The number of benzene rings is 2. The van der Waals surface area contributed by atoms with Crippen molar-refractivity contribution in [2.24, 2.45) is 7.05 Å². The van der Waals surface area contributed by atoms with Gasteiger partial charge in [0, 0.05) is 18.0 Å². The minimum absolute atomic E-state index is 0.295. The topological polar surface area (TPSA) is 51.5 Å². The summed E-state index contributed by atoms with van der Waals surface area (Å²) < 4.78 is 7.76. The van der Waals surface area contributed by atoms with Crippen molar-refractivity contribution in [3.8, 4) is 5.75 Å². The van der Waals surface area contributed by atoms with E-state index in [1.165, 1.54) is 0 Å². The van der Waals surface area contributed by atoms with Gasteiger partial charge in [-0.2, -0.15) is 0 Å². The maximum Gasteiger partial charge on any atom is 0.335 e. The van der Waals surface area contributed by atoms with E-state index < -0.39 is 5.97 Å². The van der Waals surface area contributed by atoms with Crippen LogP contribution in [0.4, 0.5) is 0 Å². The second-order valence-electron chi connectivity index (χ2n) is 4.88. The second-order valence-corrected chi connectivity index (χ2v) is 4.88. The lowest BCUT2D eigenvalue weighted by Gasteiger charge is -2.07. The number of aryl methyl sites for hydroxylation is 1. The van der Waals surface area contributed by atoms with Crippen molar-refractivity contribution < 1.29 is 14.6 Å². The van der Waals surface area contributed by atoms with E-state index >= 15 is 0 Å². The van der Waals surface area contributed by atoms with Crippen LogP contribution in [-0.4, -0.2) is 15.6 Å². The number of hydrogen-bond donors (Lipinski definition) is 1. The smallest absolute Gasteiger partial charge is 0.335 e. The molecule has 0 bridgehead atoms. The lowest BCUT2D eigenvalue weighted by Crippen LogP contribution is -2.01. The molecule has 0 unspecified atom stereocenters. The number of aromatic carboxylic acids is 1. The van der Waals surface area contributed by atoms with Gasteiger partial charge in [0.05, 0.1) is 11.3 Å². The van der Waals surface area contributed by atoms with Crippen LogP contribution < -0.4 is 4.74 Å². The van der Waals surface area contributed by atoms with Crippen molar-refractivity contribution in [2.75, 3.05) is 0 Å². The summed E-state index contributed by atoms with van der Waals surface area (Å²) in [6.07, 6.45) is 0. The van der Waals surface area contributed by atoms with E-state index in [9.17, 15) is 4.79 Å². The Bertz CT molecular complexity index is 790. The lowest BCUT2D eigenvalue weighted by molar-refractivity contribution is 0.0697. The summed E-state index contributed by atoms with van der Waals surface area (Å²) in [6, 6.07) is 16.7. The Hall–Kier alpha value is -2.75. The number of carbonyl (C=O) groups is 1. The molecule has 0 spiro atoms. The zero-order chi connectivity index (χ0) is 14.8. The molecule has 1 heterocycles. The second kappa shape index (κ2) is 5.32. The van der Waals surface area contributed by atoms with Crippen molar-refractivity contribution in [3.05, 3.63) is 65.9 Å². The van der Waals surface area contributed by atoms with Crippen LogP contribution in [0.3, 0.4) is 0 Å². The van der Waals surface area contributed by atoms with Gasteiger partial charge in [-0.1, -0.05) is 18.2 Å². The first-order chi connectivity index (χ1) is 10.1. The van der Waals surface area contributed by atoms with Gasteiger partial charge >= 0.3 is 5.97 Å². The highest BCUT2D eigenvalue weighted by Gasteiger charge is 2.09. The third kappa shape index (κ3) is 2.60. The van der Waals surface area contributed by atoms with Crippen molar-refractivity contribution in [1.29, 1.82) is 0 Å². The van der Waals surface area contributed by atoms with Crippen molar-refractivity contribution in [2.45, 2.75) is 6.61 Å². The van der Waals surface area contributed by atoms with Crippen LogP contribution in [-0.2, 0) is 13.7 Å². The Balaban J connectivity index is 1.89. The molecule has 3 rings (SSSR count). The Labute approximate surface area is 122 Å². The molecule has 0 radical (unpaired) electrons. The van der Waals surface area contributed by atoms with Gasteiger partial charge in [-0.25, -0.2) is 4.79 Å². The zero-order valence-electron chi connectivity index (χ0n) is 11.6. The number of carboxylic acids is 1. The van der Waals surface area contributed by atoms with Gasteiger partial charge in [-0.3, -0.25) is 0 Å². The van der Waals surface area contributed by atoms with Crippen molar-refractivity contribution in [1.82, 2.24) is 4.57 Å². The first kappa shape index (κ1) is 13.2. The minimum Gasteiger partial charge on any atom is -0.487 e. The molecule has 0 aliphatic carbocycles. The molecule has 0 amide bonds. The summed E-state index contributed by atoms with van der Waals surface area (Å²) in [5.74, 6) is -0.100. The molecule has 0 saturated carbocycles. The molecule has 4 nitrogen and oxygen atoms in total. The van der Waals surface area contributed by atoms with Crippen molar-refractivity contribution >= 4 is 16.9 Å². The molecular weight excluding hydrogens is 266 g/mol. The molecule has 0 atom stereocenters. The maximum absolute atomic E-state index is 11.0. The van der Waals surface area contributed by atoms with E-state index in [4.69, 9.17) is 9.84 Å². The maximum atomic E-state index is 11.0. The third-order valence-electron chi connectivity index (χ3n) is 3.52. The molecule has 4 heteroatoms. The number of nitrogens with zero attached hydrogens (tertiary/aromatic N) is 1. The van der Waals surface area contributed by atoms with Crippen LogP contribution in [0.25, 0.3) is 10.9 Å². The summed E-state index contributed by atoms with van der Waals surface area (Å²) in [7, 11) is 1.95. The molecule has 0 aliphatic heterocycles. The Morgan fingerprint density at radius 2 is 1.90 bits per heavy atom. The SMILES string of the molecule is Cn1c(COc2ccccc2)cc2cc(C(=O)O)ccc21. The highest BCUT2D eigenvalue weighted by molar-refractivity contribution is 5.93. The van der Waals surface area contributed by atoms with Crippen LogP contribution in [0.15, 0.2) is 54.6 Å². The summed E-state index contributed by atoms with van der Waals surface area (Å²) in [4.78, 5) is 11.0. The average Bonchev–Trinajstić information content (AvgIpc) is 2.82. The summed E-state index contributed by atoms with van der Waals surface area (Å²) in [5.41, 5.74) is 2.28. The fourth-order valence-electron chi connectivity index (χ4n) is 2.35. The first-order valence-electron chi connectivity index (χ1n) is 6.64. The van der Waals surface area contributed by atoms with Crippen LogP contribution in [0, 0.1) is 0 Å². The standard InChI is InChI=1S/C17H15NO3/c1-18-14(11-21-15-5-3-2-4-6-15)10-13-9-12(17(19)20)7-8-16(13)18/h2-10H,11H2,1H3,(H,19,20). The molecule has 1 N–H and O–H groups in total. The first-order valence-corrected chi connectivity index (χ1v) is 6.64. The molecule has 106 valence electrons. The highest BCUT2D eigenvalue weighted by atomic mass is 16.5. The average molecular weight is 281 g/mol. The Morgan fingerprint density at radius 3 is 2.62 bits per heavy atom. The predicted molar refractivity (Wildman–Crippen MR) is 80.7 cm³/mol. The quantitative estimate of drug-likeness (QED) is 0.796. The van der Waals surface area contributed by atoms with E-state index in [0.717, 1.165) is 22.3 Å². The lowest BCUT2D eigenvalue weighted by atomic mass is 10.1. The number of ether oxygens (including phenoxy) is 1. The van der Waals surface area contributed by atoms with E-state index in [-0.39, 0.29) is 0 Å². The molecule has 3 aromatic rings. The molecule has 0 aliphatic rings. The minimum atomic E-state index is -0.914. The Morgan fingerprint density at radius 1 is 1.14 bits per heavy atom. The number of hydrogen-bond acceptors (Lipinski definition) is 2. The summed E-state index contributed by atoms with van der Waals surface area (Å²) in [6.45, 7) is 0.442. The molecule has 1 aromatic heterocycles. The van der Waals surface area contributed by atoms with E-state index in [0.29, 0.717) is 12.2 Å². The van der Waals surface area contributed by atoms with Gasteiger partial charge in [0.1, 0.15) is 12.4 Å². The van der Waals surface area contributed by atoms with Gasteiger partial charge < -0.3 is 14.4 Å². The van der Waals surface area contributed by atoms with Crippen LogP contribution >= 0.6 is 0 Å². The van der Waals surface area contributed by atoms with Gasteiger partial charge in [0.25, 0.3) is 0 Å². The molecular formula is C17H15NO3. The van der Waals surface area contributed by atoms with Gasteiger partial charge in [-0.05, 0) is 36.4 Å². The van der Waals surface area contributed by atoms with Gasteiger partial charge in [-0.15, -0.1) is 0 Å². The number of aromatic nitrogens is 1. The van der Waals surface area contributed by atoms with Gasteiger partial charge in [0.15, 0.2) is 0 Å². The van der Waals surface area contributed by atoms with E-state index in [2.05, 4.69) is 0 Å². The van der Waals surface area contributed by atoms with E-state index in [1.807, 2.05) is 54.1 Å². The number of carboxylic acid groups (broad SMARTS) is 1. The number of rotatable bonds is 4. The monoisotopic (exact) mass is 281 g/mol. The molecule has 2 aromatic carbocycles. The third-order valence-corrected chi connectivity index (χ3v) is 3.52. The predicted octanol–water partition coefficient (Wildman–Crippen LogP) is 3.46. The fourth-order valence-corrected chi connectivity index (χ4v) is 2.35. The van der Waals surface area contributed by atoms with Crippen LogP contribution in [0.5, 0.6) is 5.75 Å². The number of fused-ring (bicyclic) bond motifs is 1. The summed E-state index contributed by atoms with van der Waals surface area (Å²) >= 11 is 0. The normalized spacial score (nSPS) is 10.7. The number of para-hydroxylation sites is 1. The fraction of sp³-hybridized carbons (Fsp3) is 0.118. The van der Waals surface area contributed by atoms with Gasteiger partial charge in [0.2, 0.25) is 0 Å². The van der Waals surface area contributed by atoms with Crippen molar-refractivity contribution in [3.63, 3.8) is 0 Å². The van der Waals surface area contributed by atoms with Crippen LogP contribution in [0.1, 0.15) is 16.1 Å². The molecule has 0 fully saturated rings.